The molecule has 1 fully saturated rings. The van der Waals surface area contributed by atoms with E-state index in [0.717, 1.165) is 6.21 Å². The van der Waals surface area contributed by atoms with Crippen molar-refractivity contribution in [2.75, 3.05) is 0 Å². The van der Waals surface area contributed by atoms with Crippen LogP contribution in [0.3, 0.4) is 0 Å². The van der Waals surface area contributed by atoms with Crippen LogP contribution >= 0.6 is 0 Å². The molecule has 70 valence electrons. The van der Waals surface area contributed by atoms with Crippen molar-refractivity contribution in [3.05, 3.63) is 5.53 Å². The molecule has 0 aromatic carbocycles. The lowest BCUT2D eigenvalue weighted by atomic mass is 10.1. The molecule has 0 aromatic heterocycles. The van der Waals surface area contributed by atoms with E-state index >= 15 is 0 Å². The maximum Gasteiger partial charge on any atom is 0.264 e. The van der Waals surface area contributed by atoms with Crippen LogP contribution in [0.25, 0.3) is 5.53 Å². The Morgan fingerprint density at radius 3 is 2.00 bits per heavy atom. The Hall–Kier alpha value is -1.68. The summed E-state index contributed by atoms with van der Waals surface area (Å²) < 4.78 is 0. The standard InChI is InChI=1S/C7H10N4O2/c1-7(2-11-10)3(5(8)12)4(7)6(9)13/h2-4H,1H3,(H2,8,12)(H2,9,13). The molecule has 0 radical (unpaired) electrons. The normalized spacial score (nSPS) is 36.1. The highest BCUT2D eigenvalue weighted by atomic mass is 16.2. The van der Waals surface area contributed by atoms with E-state index in [-0.39, 0.29) is 0 Å². The van der Waals surface area contributed by atoms with E-state index in [1.807, 2.05) is 0 Å². The molecule has 0 aliphatic heterocycles. The molecule has 4 N–H and O–H groups in total. The molecule has 0 heterocycles. The predicted molar refractivity (Wildman–Crippen MR) is 43.2 cm³/mol. The number of hydrogen-bond acceptors (Lipinski definition) is 2. The van der Waals surface area contributed by atoms with Crippen molar-refractivity contribution in [1.29, 1.82) is 0 Å². The maximum atomic E-state index is 10.8. The van der Waals surface area contributed by atoms with Crippen molar-refractivity contribution in [3.63, 3.8) is 0 Å². The Bertz CT molecular complexity index is 298. The highest BCUT2D eigenvalue weighted by molar-refractivity contribution is 5.99. The van der Waals surface area contributed by atoms with Gasteiger partial charge >= 0.3 is 0 Å². The predicted octanol–water partition coefficient (Wildman–Crippen LogP) is -1.49. The van der Waals surface area contributed by atoms with Crippen LogP contribution in [0.4, 0.5) is 0 Å². The van der Waals surface area contributed by atoms with E-state index < -0.39 is 29.1 Å². The second-order valence-electron chi connectivity index (χ2n) is 3.37. The minimum absolute atomic E-state index is 0.605. The number of carbonyl (C=O) groups excluding carboxylic acids is 2. The highest BCUT2D eigenvalue weighted by Crippen LogP contribution is 2.56. The van der Waals surface area contributed by atoms with Crippen molar-refractivity contribution < 1.29 is 14.4 Å². The topological polar surface area (TPSA) is 123 Å². The fourth-order valence-corrected chi connectivity index (χ4v) is 1.76. The molecular weight excluding hydrogens is 172 g/mol. The van der Waals surface area contributed by atoms with Crippen LogP contribution in [-0.4, -0.2) is 22.8 Å². The summed E-state index contributed by atoms with van der Waals surface area (Å²) >= 11 is 0. The lowest BCUT2D eigenvalue weighted by Crippen LogP contribution is -2.20. The van der Waals surface area contributed by atoms with Gasteiger partial charge in [0.2, 0.25) is 11.8 Å². The molecule has 13 heavy (non-hydrogen) atoms. The first kappa shape index (κ1) is 9.41. The summed E-state index contributed by atoms with van der Waals surface area (Å²) in [6.45, 7) is 1.59. The Balaban J connectivity index is 2.96. The molecule has 1 aliphatic rings. The number of nitrogens with zero attached hydrogens (tertiary/aromatic N) is 2. The zero-order valence-corrected chi connectivity index (χ0v) is 7.10. The molecule has 1 saturated carbocycles. The molecule has 0 aromatic rings. The summed E-state index contributed by atoms with van der Waals surface area (Å²) in [6, 6.07) is 0. The van der Waals surface area contributed by atoms with E-state index in [2.05, 4.69) is 4.79 Å². The minimum atomic E-state index is -0.813. The van der Waals surface area contributed by atoms with Gasteiger partial charge in [-0.3, -0.25) is 9.59 Å². The Morgan fingerprint density at radius 2 is 1.77 bits per heavy atom. The maximum absolute atomic E-state index is 10.8. The van der Waals surface area contributed by atoms with E-state index in [1.54, 1.807) is 6.92 Å². The Morgan fingerprint density at radius 1 is 1.38 bits per heavy atom. The van der Waals surface area contributed by atoms with Crippen LogP contribution in [0, 0.1) is 17.3 Å². The van der Waals surface area contributed by atoms with E-state index in [1.165, 1.54) is 0 Å². The molecular formula is C7H10N4O2. The number of amides is 2. The third-order valence-corrected chi connectivity index (χ3v) is 2.51. The summed E-state index contributed by atoms with van der Waals surface area (Å²) in [7, 11) is 0. The van der Waals surface area contributed by atoms with Gasteiger partial charge in [0, 0.05) is 0 Å². The molecule has 2 amide bonds. The van der Waals surface area contributed by atoms with Crippen LogP contribution in [-0.2, 0) is 9.59 Å². The molecule has 6 heteroatoms. The van der Waals surface area contributed by atoms with Crippen molar-refractivity contribution in [1.82, 2.24) is 0 Å². The molecule has 0 spiro atoms. The van der Waals surface area contributed by atoms with E-state index in [4.69, 9.17) is 17.0 Å². The summed E-state index contributed by atoms with van der Waals surface area (Å²) in [4.78, 5) is 24.5. The first-order valence-corrected chi connectivity index (χ1v) is 3.72. The number of nitrogens with two attached hydrogens (primary N) is 2. The third-order valence-electron chi connectivity index (χ3n) is 2.51. The Labute approximate surface area is 74.5 Å². The second-order valence-corrected chi connectivity index (χ2v) is 3.37. The van der Waals surface area contributed by atoms with Gasteiger partial charge in [-0.15, -0.1) is 0 Å². The highest BCUT2D eigenvalue weighted by Gasteiger charge is 2.69. The van der Waals surface area contributed by atoms with Crippen LogP contribution in [0.5, 0.6) is 0 Å². The second kappa shape index (κ2) is 2.67. The molecule has 1 rings (SSSR count). The zero-order chi connectivity index (χ0) is 10.2. The van der Waals surface area contributed by atoms with Gasteiger partial charge in [-0.05, 0) is 6.92 Å². The lowest BCUT2D eigenvalue weighted by Gasteiger charge is -1.92. The van der Waals surface area contributed by atoms with E-state index in [9.17, 15) is 9.59 Å². The van der Waals surface area contributed by atoms with Gasteiger partial charge in [-0.1, -0.05) is 0 Å². The average molecular weight is 182 g/mol. The van der Waals surface area contributed by atoms with Gasteiger partial charge < -0.3 is 17.0 Å². The summed E-state index contributed by atoms with van der Waals surface area (Å²) in [5, 5.41) is 0. The van der Waals surface area contributed by atoms with Gasteiger partial charge in [-0.2, -0.15) is 4.79 Å². The van der Waals surface area contributed by atoms with Crippen molar-refractivity contribution in [2.24, 2.45) is 28.7 Å². The largest absolute Gasteiger partial charge is 0.369 e. The zero-order valence-electron chi connectivity index (χ0n) is 7.10. The van der Waals surface area contributed by atoms with Crippen molar-refractivity contribution >= 4 is 18.0 Å². The third kappa shape index (κ3) is 1.21. The fraction of sp³-hybridized carbons (Fsp3) is 0.571. The quantitative estimate of drug-likeness (QED) is 0.313. The first-order chi connectivity index (χ1) is 5.95. The van der Waals surface area contributed by atoms with Gasteiger partial charge in [-0.25, -0.2) is 0 Å². The smallest absolute Gasteiger partial charge is 0.264 e. The van der Waals surface area contributed by atoms with Crippen LogP contribution in [0.1, 0.15) is 6.92 Å². The van der Waals surface area contributed by atoms with Gasteiger partial charge in [0.05, 0.1) is 17.3 Å². The molecule has 0 saturated heterocycles. The molecule has 0 bridgehead atoms. The number of primary amides is 2. The minimum Gasteiger partial charge on any atom is -0.369 e. The lowest BCUT2D eigenvalue weighted by molar-refractivity contribution is -0.124. The summed E-state index contributed by atoms with van der Waals surface area (Å²) in [5.41, 5.74) is 17.6. The summed E-state index contributed by atoms with van der Waals surface area (Å²) in [5.74, 6) is -2.51. The van der Waals surface area contributed by atoms with Gasteiger partial charge in [0.15, 0.2) is 0 Å². The van der Waals surface area contributed by atoms with Crippen LogP contribution < -0.4 is 11.5 Å². The van der Waals surface area contributed by atoms with Crippen molar-refractivity contribution in [2.45, 2.75) is 6.92 Å². The van der Waals surface area contributed by atoms with Crippen molar-refractivity contribution in [3.8, 4) is 0 Å². The van der Waals surface area contributed by atoms with Gasteiger partial charge in [0.25, 0.3) is 6.21 Å². The molecule has 2 unspecified atom stereocenters. The van der Waals surface area contributed by atoms with Crippen LogP contribution in [0.2, 0.25) is 0 Å². The SMILES string of the molecule is CC1(C=[N+]=[N-])C(C(N)=O)C1C(N)=O. The number of carbonyl (C=O) groups is 2. The first-order valence-electron chi connectivity index (χ1n) is 3.72. The Kier molecular flexibility index (Phi) is 1.93. The van der Waals surface area contributed by atoms with Gasteiger partial charge in [0.1, 0.15) is 0 Å². The number of rotatable bonds is 3. The van der Waals surface area contributed by atoms with Crippen LogP contribution in [0.15, 0.2) is 0 Å². The molecule has 6 nitrogen and oxygen atoms in total. The average Bonchev–Trinajstić information content (AvgIpc) is 2.56. The molecule has 2 atom stereocenters. The molecule has 1 aliphatic carbocycles. The number of hydrogen-bond donors (Lipinski definition) is 2. The fourth-order valence-electron chi connectivity index (χ4n) is 1.76. The monoisotopic (exact) mass is 182 g/mol. The summed E-state index contributed by atoms with van der Waals surface area (Å²) in [6.07, 6.45) is 1.12. The van der Waals surface area contributed by atoms with E-state index in [0.29, 0.717) is 0 Å².